The van der Waals surface area contributed by atoms with Crippen molar-refractivity contribution in [1.29, 1.82) is 0 Å². The number of carbonyl (C=O) groups excluding carboxylic acids is 1. The first kappa shape index (κ1) is 16.0. The minimum Gasteiger partial charge on any atom is -0.496 e. The van der Waals surface area contributed by atoms with E-state index in [9.17, 15) is 4.79 Å². The van der Waals surface area contributed by atoms with Gasteiger partial charge in [0.05, 0.1) is 7.11 Å². The Balaban J connectivity index is 1.99. The summed E-state index contributed by atoms with van der Waals surface area (Å²) < 4.78 is 5.43. The summed E-state index contributed by atoms with van der Waals surface area (Å²) in [7, 11) is 3.84. The standard InChI is InChI=1S/C18H27NO2/c1-15(12-16-8-4-5-9-17(16)21-3)19(2)13-18(14-20)10-6-7-11-18/h4-5,8-9,14-15H,6-7,10-13H2,1-3H3. The molecular formula is C18H27NO2. The molecule has 1 saturated carbocycles. The van der Waals surface area contributed by atoms with Crippen LogP contribution in [0.3, 0.4) is 0 Å². The molecule has 0 bridgehead atoms. The molecule has 0 N–H and O–H groups in total. The van der Waals surface area contributed by atoms with E-state index >= 15 is 0 Å². The van der Waals surface area contributed by atoms with Crippen molar-refractivity contribution in [2.75, 3.05) is 20.7 Å². The molecule has 1 aromatic carbocycles. The van der Waals surface area contributed by atoms with E-state index < -0.39 is 0 Å². The number of carbonyl (C=O) groups is 1. The number of aldehydes is 1. The molecule has 1 aliphatic rings. The second-order valence-electron chi connectivity index (χ2n) is 6.47. The minimum atomic E-state index is -0.107. The van der Waals surface area contributed by atoms with Crippen molar-refractivity contribution in [1.82, 2.24) is 4.90 Å². The number of para-hydroxylation sites is 1. The summed E-state index contributed by atoms with van der Waals surface area (Å²) in [5, 5.41) is 0. The average Bonchev–Trinajstić information content (AvgIpc) is 2.96. The van der Waals surface area contributed by atoms with Crippen LogP contribution in [0.4, 0.5) is 0 Å². The van der Waals surface area contributed by atoms with Crippen molar-refractivity contribution >= 4 is 6.29 Å². The fourth-order valence-electron chi connectivity index (χ4n) is 3.39. The lowest BCUT2D eigenvalue weighted by molar-refractivity contribution is -0.117. The van der Waals surface area contributed by atoms with Gasteiger partial charge in [0.1, 0.15) is 12.0 Å². The van der Waals surface area contributed by atoms with E-state index in [1.165, 1.54) is 24.7 Å². The first-order valence-corrected chi connectivity index (χ1v) is 7.89. The van der Waals surface area contributed by atoms with Crippen LogP contribution in [-0.4, -0.2) is 37.9 Å². The van der Waals surface area contributed by atoms with Crippen LogP contribution in [-0.2, 0) is 11.2 Å². The first-order valence-electron chi connectivity index (χ1n) is 7.89. The smallest absolute Gasteiger partial charge is 0.127 e. The summed E-state index contributed by atoms with van der Waals surface area (Å²) in [5.74, 6) is 0.948. The Hall–Kier alpha value is -1.35. The molecule has 3 heteroatoms. The molecule has 0 saturated heterocycles. The fourth-order valence-corrected chi connectivity index (χ4v) is 3.39. The molecule has 1 aliphatic carbocycles. The van der Waals surface area contributed by atoms with Crippen LogP contribution < -0.4 is 4.74 Å². The number of hydrogen-bond donors (Lipinski definition) is 0. The Morgan fingerprint density at radius 3 is 2.62 bits per heavy atom. The van der Waals surface area contributed by atoms with E-state index in [4.69, 9.17) is 4.74 Å². The van der Waals surface area contributed by atoms with Gasteiger partial charge in [-0.15, -0.1) is 0 Å². The van der Waals surface area contributed by atoms with Crippen molar-refractivity contribution in [3.8, 4) is 5.75 Å². The number of methoxy groups -OCH3 is 1. The number of hydrogen-bond acceptors (Lipinski definition) is 3. The van der Waals surface area contributed by atoms with Crippen molar-refractivity contribution in [3.63, 3.8) is 0 Å². The maximum atomic E-state index is 11.5. The lowest BCUT2D eigenvalue weighted by atomic mass is 9.87. The summed E-state index contributed by atoms with van der Waals surface area (Å²) in [6, 6.07) is 8.56. The third-order valence-electron chi connectivity index (χ3n) is 4.87. The lowest BCUT2D eigenvalue weighted by Gasteiger charge is -2.32. The number of nitrogens with zero attached hydrogens (tertiary/aromatic N) is 1. The molecule has 0 radical (unpaired) electrons. The van der Waals surface area contributed by atoms with Gasteiger partial charge in [-0.25, -0.2) is 0 Å². The van der Waals surface area contributed by atoms with E-state index in [1.807, 2.05) is 12.1 Å². The molecule has 0 aliphatic heterocycles. The van der Waals surface area contributed by atoms with Crippen LogP contribution in [0.1, 0.15) is 38.2 Å². The molecule has 1 aromatic rings. The van der Waals surface area contributed by atoms with Crippen LogP contribution in [0.5, 0.6) is 5.75 Å². The largest absolute Gasteiger partial charge is 0.496 e. The van der Waals surface area contributed by atoms with Crippen molar-refractivity contribution in [2.24, 2.45) is 5.41 Å². The minimum absolute atomic E-state index is 0.107. The first-order chi connectivity index (χ1) is 10.1. The van der Waals surface area contributed by atoms with Gasteiger partial charge in [0.2, 0.25) is 0 Å². The van der Waals surface area contributed by atoms with E-state index in [0.29, 0.717) is 6.04 Å². The predicted octanol–water partition coefficient (Wildman–Crippen LogP) is 3.32. The topological polar surface area (TPSA) is 29.5 Å². The zero-order valence-electron chi connectivity index (χ0n) is 13.5. The van der Waals surface area contributed by atoms with Gasteiger partial charge in [0, 0.05) is 18.0 Å². The van der Waals surface area contributed by atoms with Crippen LogP contribution in [0.2, 0.25) is 0 Å². The van der Waals surface area contributed by atoms with Crippen molar-refractivity contribution < 1.29 is 9.53 Å². The summed E-state index contributed by atoms with van der Waals surface area (Å²) in [5.41, 5.74) is 1.12. The van der Waals surface area contributed by atoms with E-state index in [-0.39, 0.29) is 5.41 Å². The molecule has 1 unspecified atom stereocenters. The van der Waals surface area contributed by atoms with Crippen LogP contribution >= 0.6 is 0 Å². The van der Waals surface area contributed by atoms with E-state index in [0.717, 1.165) is 31.6 Å². The molecule has 0 heterocycles. The van der Waals surface area contributed by atoms with Gasteiger partial charge in [-0.2, -0.15) is 0 Å². The molecule has 3 nitrogen and oxygen atoms in total. The molecule has 2 rings (SSSR count). The molecule has 0 aromatic heterocycles. The molecule has 0 spiro atoms. The maximum absolute atomic E-state index is 11.5. The van der Waals surface area contributed by atoms with E-state index in [1.54, 1.807) is 7.11 Å². The van der Waals surface area contributed by atoms with Crippen LogP contribution in [0, 0.1) is 5.41 Å². The molecule has 1 fully saturated rings. The second kappa shape index (κ2) is 7.08. The highest BCUT2D eigenvalue weighted by molar-refractivity contribution is 5.60. The summed E-state index contributed by atoms with van der Waals surface area (Å²) in [4.78, 5) is 13.8. The van der Waals surface area contributed by atoms with Gasteiger partial charge in [-0.3, -0.25) is 0 Å². The Labute approximate surface area is 128 Å². The third kappa shape index (κ3) is 3.85. The monoisotopic (exact) mass is 289 g/mol. The Kier molecular flexibility index (Phi) is 5.40. The Morgan fingerprint density at radius 2 is 2.00 bits per heavy atom. The Bertz CT molecular complexity index is 466. The quantitative estimate of drug-likeness (QED) is 0.721. The van der Waals surface area contributed by atoms with Crippen LogP contribution in [0.15, 0.2) is 24.3 Å². The normalized spacial score (nSPS) is 18.7. The van der Waals surface area contributed by atoms with Crippen LogP contribution in [0.25, 0.3) is 0 Å². The highest BCUT2D eigenvalue weighted by Gasteiger charge is 2.35. The zero-order chi connectivity index (χ0) is 15.3. The molecular weight excluding hydrogens is 262 g/mol. The van der Waals surface area contributed by atoms with E-state index in [2.05, 4.69) is 31.0 Å². The SMILES string of the molecule is COc1ccccc1CC(C)N(C)CC1(C=O)CCCC1. The lowest BCUT2D eigenvalue weighted by Crippen LogP contribution is -2.40. The number of rotatable bonds is 7. The van der Waals surface area contributed by atoms with Crippen molar-refractivity contribution in [2.45, 2.75) is 45.1 Å². The zero-order valence-corrected chi connectivity index (χ0v) is 13.5. The summed E-state index contributed by atoms with van der Waals surface area (Å²) in [6.45, 7) is 3.09. The molecule has 21 heavy (non-hydrogen) atoms. The number of ether oxygens (including phenoxy) is 1. The van der Waals surface area contributed by atoms with Gasteiger partial charge in [0.15, 0.2) is 0 Å². The highest BCUT2D eigenvalue weighted by atomic mass is 16.5. The van der Waals surface area contributed by atoms with Crippen molar-refractivity contribution in [3.05, 3.63) is 29.8 Å². The number of likely N-dealkylation sites (N-methyl/N-ethyl adjacent to an activating group) is 1. The van der Waals surface area contributed by atoms with Gasteiger partial charge in [0.25, 0.3) is 0 Å². The molecule has 0 amide bonds. The van der Waals surface area contributed by atoms with Gasteiger partial charge in [-0.1, -0.05) is 31.0 Å². The average molecular weight is 289 g/mol. The molecule has 1 atom stereocenters. The molecule has 116 valence electrons. The predicted molar refractivity (Wildman–Crippen MR) is 85.8 cm³/mol. The second-order valence-corrected chi connectivity index (χ2v) is 6.47. The maximum Gasteiger partial charge on any atom is 0.127 e. The van der Waals surface area contributed by atoms with Gasteiger partial charge < -0.3 is 14.4 Å². The summed E-state index contributed by atoms with van der Waals surface area (Å²) in [6.07, 6.45) is 6.60. The highest BCUT2D eigenvalue weighted by Crippen LogP contribution is 2.37. The van der Waals surface area contributed by atoms with Gasteiger partial charge in [-0.05, 0) is 44.9 Å². The Morgan fingerprint density at radius 1 is 1.33 bits per heavy atom. The summed E-state index contributed by atoms with van der Waals surface area (Å²) >= 11 is 0. The third-order valence-corrected chi connectivity index (χ3v) is 4.87. The number of benzene rings is 1. The van der Waals surface area contributed by atoms with Gasteiger partial charge >= 0.3 is 0 Å². The fraction of sp³-hybridized carbons (Fsp3) is 0.611.